The zero-order chi connectivity index (χ0) is 18.8. The minimum Gasteiger partial charge on any atom is -0.390 e. The lowest BCUT2D eigenvalue weighted by molar-refractivity contribution is -0.0960. The lowest BCUT2D eigenvalue weighted by atomic mass is 9.49. The number of nitrogens with zero attached hydrogens (tertiary/aromatic N) is 1. The van der Waals surface area contributed by atoms with Crippen molar-refractivity contribution in [1.29, 1.82) is 0 Å². The SMILES string of the molecule is CCc1cc([C@H]2CC[C@H]3[C@@H]4CC[C@@H]5C[C@](C)(O)CC[C@@H]5[C@H]4CC[C@]23C)no1. The van der Waals surface area contributed by atoms with Gasteiger partial charge in [0.2, 0.25) is 0 Å². The molecule has 3 nitrogen and oxygen atoms in total. The maximum absolute atomic E-state index is 10.6. The Morgan fingerprint density at radius 1 is 1.04 bits per heavy atom. The van der Waals surface area contributed by atoms with Crippen LogP contribution in [-0.4, -0.2) is 15.9 Å². The molecule has 0 bridgehead atoms. The average molecular weight is 372 g/mol. The molecule has 150 valence electrons. The summed E-state index contributed by atoms with van der Waals surface area (Å²) in [6, 6.07) is 2.24. The molecule has 0 amide bonds. The summed E-state index contributed by atoms with van der Waals surface area (Å²) in [5.41, 5.74) is 1.24. The lowest BCUT2D eigenvalue weighted by Crippen LogP contribution is -2.50. The Labute approximate surface area is 164 Å². The largest absolute Gasteiger partial charge is 0.390 e. The summed E-state index contributed by atoms with van der Waals surface area (Å²) in [7, 11) is 0. The first-order valence-corrected chi connectivity index (χ1v) is 11.6. The Hall–Kier alpha value is -0.830. The molecule has 0 unspecified atom stereocenters. The van der Waals surface area contributed by atoms with Gasteiger partial charge >= 0.3 is 0 Å². The number of aromatic nitrogens is 1. The van der Waals surface area contributed by atoms with Crippen LogP contribution < -0.4 is 0 Å². The fourth-order valence-corrected chi connectivity index (χ4v) is 8.23. The van der Waals surface area contributed by atoms with E-state index in [0.29, 0.717) is 11.3 Å². The highest BCUT2D eigenvalue weighted by atomic mass is 16.5. The molecule has 3 heteroatoms. The van der Waals surface area contributed by atoms with E-state index in [1.165, 1.54) is 50.6 Å². The Morgan fingerprint density at radius 2 is 1.85 bits per heavy atom. The second kappa shape index (κ2) is 6.34. The van der Waals surface area contributed by atoms with Crippen LogP contribution in [0.5, 0.6) is 0 Å². The summed E-state index contributed by atoms with van der Waals surface area (Å²) >= 11 is 0. The van der Waals surface area contributed by atoms with Gasteiger partial charge in [0.05, 0.1) is 11.3 Å². The number of aliphatic hydroxyl groups is 1. The molecule has 1 N–H and O–H groups in total. The first kappa shape index (κ1) is 18.2. The number of aryl methyl sites for hydroxylation is 1. The maximum atomic E-state index is 10.6. The van der Waals surface area contributed by atoms with Crippen molar-refractivity contribution in [2.24, 2.45) is 35.0 Å². The second-order valence-electron chi connectivity index (χ2n) is 10.9. The van der Waals surface area contributed by atoms with Crippen molar-refractivity contribution >= 4 is 0 Å². The van der Waals surface area contributed by atoms with E-state index in [2.05, 4.69) is 32.0 Å². The van der Waals surface area contributed by atoms with E-state index < -0.39 is 5.60 Å². The fourth-order valence-electron chi connectivity index (χ4n) is 8.23. The number of hydrogen-bond donors (Lipinski definition) is 1. The molecule has 4 fully saturated rings. The molecule has 4 aliphatic carbocycles. The summed E-state index contributed by atoms with van der Waals surface area (Å²) in [5.74, 6) is 5.99. The van der Waals surface area contributed by atoms with Crippen LogP contribution in [0.15, 0.2) is 10.6 Å². The van der Waals surface area contributed by atoms with Gasteiger partial charge in [-0.2, -0.15) is 0 Å². The van der Waals surface area contributed by atoms with Crippen molar-refractivity contribution < 1.29 is 9.63 Å². The molecule has 27 heavy (non-hydrogen) atoms. The Balaban J connectivity index is 1.37. The summed E-state index contributed by atoms with van der Waals surface area (Å²) in [6.07, 6.45) is 12.4. The second-order valence-corrected chi connectivity index (χ2v) is 10.9. The van der Waals surface area contributed by atoms with Crippen molar-refractivity contribution in [3.8, 4) is 0 Å². The van der Waals surface area contributed by atoms with Crippen LogP contribution in [0.25, 0.3) is 0 Å². The fraction of sp³-hybridized carbons (Fsp3) is 0.875. The maximum Gasteiger partial charge on any atom is 0.136 e. The van der Waals surface area contributed by atoms with Crippen LogP contribution in [0.1, 0.15) is 95.9 Å². The van der Waals surface area contributed by atoms with E-state index >= 15 is 0 Å². The standard InChI is InChI=1S/C24H37NO2/c1-4-16-13-22(25-27-16)21-8-7-20-19-6-5-15-14-23(2,26)11-9-17(15)18(19)10-12-24(20,21)3/h13,15,17-21,26H,4-12,14H2,1-3H3/t15-,17+,18-,19-,20+,21-,23-,24+/m1/s1. The molecule has 0 aromatic carbocycles. The Kier molecular flexibility index (Phi) is 4.28. The van der Waals surface area contributed by atoms with Crippen LogP contribution in [0.2, 0.25) is 0 Å². The molecule has 0 aliphatic heterocycles. The summed E-state index contributed by atoms with van der Waals surface area (Å²) in [6.45, 7) is 6.79. The molecular formula is C24H37NO2. The van der Waals surface area contributed by atoms with Crippen molar-refractivity contribution in [2.45, 2.75) is 96.5 Å². The van der Waals surface area contributed by atoms with Crippen LogP contribution in [0, 0.1) is 35.0 Å². The van der Waals surface area contributed by atoms with Crippen LogP contribution in [0.4, 0.5) is 0 Å². The minimum absolute atomic E-state index is 0.403. The lowest BCUT2D eigenvalue weighted by Gasteiger charge is -2.56. The summed E-state index contributed by atoms with van der Waals surface area (Å²) in [5, 5.41) is 15.1. The zero-order valence-electron chi connectivity index (χ0n) is 17.4. The van der Waals surface area contributed by atoms with E-state index in [1.807, 2.05) is 0 Å². The van der Waals surface area contributed by atoms with Crippen LogP contribution in [-0.2, 0) is 6.42 Å². The predicted molar refractivity (Wildman–Crippen MR) is 106 cm³/mol. The quantitative estimate of drug-likeness (QED) is 0.723. The normalized spacial score (nSPS) is 49.3. The van der Waals surface area contributed by atoms with E-state index in [9.17, 15) is 5.11 Å². The van der Waals surface area contributed by atoms with Crippen LogP contribution >= 0.6 is 0 Å². The molecule has 4 saturated carbocycles. The van der Waals surface area contributed by atoms with Crippen molar-refractivity contribution in [2.75, 3.05) is 0 Å². The van der Waals surface area contributed by atoms with Crippen molar-refractivity contribution in [3.63, 3.8) is 0 Å². The van der Waals surface area contributed by atoms with Gasteiger partial charge < -0.3 is 9.63 Å². The number of hydrogen-bond acceptors (Lipinski definition) is 3. The first-order valence-electron chi connectivity index (χ1n) is 11.6. The van der Waals surface area contributed by atoms with E-state index in [4.69, 9.17) is 4.52 Å². The Morgan fingerprint density at radius 3 is 2.63 bits per heavy atom. The molecule has 4 aliphatic rings. The molecule has 1 heterocycles. The third kappa shape index (κ3) is 2.82. The summed E-state index contributed by atoms with van der Waals surface area (Å²) < 4.78 is 5.57. The minimum atomic E-state index is -0.403. The third-order valence-corrected chi connectivity index (χ3v) is 9.52. The van der Waals surface area contributed by atoms with Crippen LogP contribution in [0.3, 0.4) is 0 Å². The Bertz CT molecular complexity index is 694. The van der Waals surface area contributed by atoms with Crippen molar-refractivity contribution in [3.05, 3.63) is 17.5 Å². The van der Waals surface area contributed by atoms with Gasteiger partial charge in [0.1, 0.15) is 5.76 Å². The smallest absolute Gasteiger partial charge is 0.136 e. The van der Waals surface area contributed by atoms with E-state index in [0.717, 1.165) is 54.6 Å². The highest BCUT2D eigenvalue weighted by Crippen LogP contribution is 2.66. The molecule has 0 saturated heterocycles. The summed E-state index contributed by atoms with van der Waals surface area (Å²) in [4.78, 5) is 0. The van der Waals surface area contributed by atoms with Gasteiger partial charge in [-0.15, -0.1) is 0 Å². The van der Waals surface area contributed by atoms with Gasteiger partial charge in [-0.3, -0.25) is 0 Å². The van der Waals surface area contributed by atoms with Gasteiger partial charge in [0.25, 0.3) is 0 Å². The molecular weight excluding hydrogens is 334 g/mol. The number of rotatable bonds is 2. The van der Waals surface area contributed by atoms with Gasteiger partial charge in [0, 0.05) is 18.4 Å². The van der Waals surface area contributed by atoms with Gasteiger partial charge in [0.15, 0.2) is 0 Å². The predicted octanol–water partition coefficient (Wildman–Crippen LogP) is 5.72. The monoisotopic (exact) mass is 371 g/mol. The molecule has 0 radical (unpaired) electrons. The number of fused-ring (bicyclic) bond motifs is 5. The van der Waals surface area contributed by atoms with Gasteiger partial charge in [-0.25, -0.2) is 0 Å². The molecule has 8 atom stereocenters. The van der Waals surface area contributed by atoms with Gasteiger partial charge in [-0.1, -0.05) is 19.0 Å². The van der Waals surface area contributed by atoms with E-state index in [1.54, 1.807) is 0 Å². The first-order chi connectivity index (χ1) is 12.9. The third-order valence-electron chi connectivity index (χ3n) is 9.52. The highest BCUT2D eigenvalue weighted by molar-refractivity contribution is 5.20. The molecule has 1 aromatic heterocycles. The highest BCUT2D eigenvalue weighted by Gasteiger charge is 2.58. The average Bonchev–Trinajstić information content (AvgIpc) is 3.23. The molecule has 0 spiro atoms. The van der Waals surface area contributed by atoms with Gasteiger partial charge in [-0.05, 0) is 99.7 Å². The molecule has 1 aromatic rings. The topological polar surface area (TPSA) is 46.3 Å². The van der Waals surface area contributed by atoms with Crippen molar-refractivity contribution in [1.82, 2.24) is 5.16 Å². The van der Waals surface area contributed by atoms with E-state index in [-0.39, 0.29) is 0 Å². The molecule has 5 rings (SSSR count). The zero-order valence-corrected chi connectivity index (χ0v) is 17.4.